The second-order valence-electron chi connectivity index (χ2n) is 7.49. The quantitative estimate of drug-likeness (QED) is 0.220. The highest BCUT2D eigenvalue weighted by atomic mass is 32.1. The molecule has 4 rings (SSSR count). The predicted octanol–water partition coefficient (Wildman–Crippen LogP) is 3.79. The van der Waals surface area contributed by atoms with Crippen molar-refractivity contribution in [3.63, 3.8) is 0 Å². The molecule has 2 unspecified atom stereocenters. The number of rotatable bonds is 8. The molecular weight excluding hydrogens is 460 g/mol. The number of nitrogens with zero attached hydrogens (tertiary/aromatic N) is 3. The molecule has 11 heteroatoms. The van der Waals surface area contributed by atoms with Gasteiger partial charge < -0.3 is 24.1 Å². The van der Waals surface area contributed by atoms with Crippen molar-refractivity contribution in [1.82, 2.24) is 15.2 Å². The third kappa shape index (κ3) is 4.55. The number of hydrogen-bond donors (Lipinski definition) is 1. The first-order valence-electron chi connectivity index (χ1n) is 10.4. The zero-order chi connectivity index (χ0) is 24.2. The van der Waals surface area contributed by atoms with E-state index in [2.05, 4.69) is 10.3 Å². The Kier molecular flexibility index (Phi) is 6.73. The number of nitro benzene ring substituents is 1. The van der Waals surface area contributed by atoms with E-state index in [1.54, 1.807) is 18.3 Å². The number of aromatic nitrogens is 1. The van der Waals surface area contributed by atoms with Crippen LogP contribution in [0.2, 0.25) is 0 Å². The zero-order valence-electron chi connectivity index (χ0n) is 18.5. The van der Waals surface area contributed by atoms with Gasteiger partial charge in [-0.05, 0) is 42.5 Å². The second-order valence-corrected chi connectivity index (χ2v) is 7.88. The highest BCUT2D eigenvalue weighted by Crippen LogP contribution is 2.42. The number of ether oxygens (including phenoxy) is 2. The summed E-state index contributed by atoms with van der Waals surface area (Å²) in [6, 6.07) is 12.8. The van der Waals surface area contributed by atoms with Crippen molar-refractivity contribution in [2.24, 2.45) is 0 Å². The topological polar surface area (TPSA) is 120 Å². The molecule has 1 saturated heterocycles. The zero-order valence-corrected chi connectivity index (χ0v) is 19.3. The Morgan fingerprint density at radius 1 is 1.26 bits per heavy atom. The summed E-state index contributed by atoms with van der Waals surface area (Å²) < 4.78 is 16.4. The number of benzene rings is 1. The van der Waals surface area contributed by atoms with Crippen molar-refractivity contribution in [1.29, 1.82) is 0 Å². The summed E-state index contributed by atoms with van der Waals surface area (Å²) in [5.41, 5.74) is 1.26. The van der Waals surface area contributed by atoms with Gasteiger partial charge >= 0.3 is 5.97 Å². The largest absolute Gasteiger partial charge is 0.496 e. The lowest BCUT2D eigenvalue weighted by Gasteiger charge is -2.25. The lowest BCUT2D eigenvalue weighted by molar-refractivity contribution is -0.384. The minimum absolute atomic E-state index is 0.0816. The van der Waals surface area contributed by atoms with Crippen LogP contribution in [0.15, 0.2) is 59.1 Å². The Hall–Kier alpha value is -3.99. The Morgan fingerprint density at radius 3 is 2.76 bits per heavy atom. The third-order valence-electron chi connectivity index (χ3n) is 5.56. The van der Waals surface area contributed by atoms with E-state index in [4.69, 9.17) is 26.1 Å². The normalized spacial score (nSPS) is 17.4. The fourth-order valence-corrected chi connectivity index (χ4v) is 4.25. The molecule has 3 heterocycles. The van der Waals surface area contributed by atoms with E-state index in [0.29, 0.717) is 34.5 Å². The molecule has 2 aromatic heterocycles. The minimum atomic E-state index is -0.484. The Balaban J connectivity index is 1.71. The molecule has 0 saturated carbocycles. The van der Waals surface area contributed by atoms with Gasteiger partial charge in [0.2, 0.25) is 0 Å². The van der Waals surface area contributed by atoms with Gasteiger partial charge in [-0.1, -0.05) is 6.07 Å². The maximum absolute atomic E-state index is 11.8. The molecule has 176 valence electrons. The summed E-state index contributed by atoms with van der Waals surface area (Å²) >= 11 is 5.57. The van der Waals surface area contributed by atoms with Gasteiger partial charge in [-0.15, -0.1) is 0 Å². The van der Waals surface area contributed by atoms with Gasteiger partial charge in [-0.3, -0.25) is 19.9 Å². The molecule has 1 fully saturated rings. The Labute approximate surface area is 200 Å². The number of carbonyl (C=O) groups is 1. The first kappa shape index (κ1) is 23.2. The first-order chi connectivity index (χ1) is 16.4. The van der Waals surface area contributed by atoms with Crippen LogP contribution in [0, 0.1) is 10.1 Å². The summed E-state index contributed by atoms with van der Waals surface area (Å²) in [6.07, 6.45) is 1.84. The van der Waals surface area contributed by atoms with Gasteiger partial charge in [0.1, 0.15) is 23.3 Å². The first-order valence-corrected chi connectivity index (χ1v) is 10.8. The molecule has 1 aliphatic rings. The lowest BCUT2D eigenvalue weighted by Crippen LogP contribution is -2.31. The standard InChI is InChI=1S/C23H22N4O6S/c1-31-19-13-14(27(29)30)6-7-15(19)17-8-9-18(33-17)22-21(16-5-3-4-11-24-16)25-23(34)26(22)12-10-20(28)32-2/h3-9,11,13,21-22H,10,12H2,1-2H3,(H,25,34). The van der Waals surface area contributed by atoms with Crippen LogP contribution in [0.1, 0.15) is 30.0 Å². The molecule has 2 atom stereocenters. The Morgan fingerprint density at radius 2 is 2.09 bits per heavy atom. The molecule has 1 aromatic carbocycles. The lowest BCUT2D eigenvalue weighted by atomic mass is 10.0. The molecule has 34 heavy (non-hydrogen) atoms. The van der Waals surface area contributed by atoms with Crippen molar-refractivity contribution in [2.75, 3.05) is 20.8 Å². The molecular formula is C23H22N4O6S. The molecule has 10 nitrogen and oxygen atoms in total. The van der Waals surface area contributed by atoms with Crippen molar-refractivity contribution < 1.29 is 23.6 Å². The molecule has 0 aliphatic carbocycles. The van der Waals surface area contributed by atoms with Crippen LogP contribution < -0.4 is 10.1 Å². The van der Waals surface area contributed by atoms with E-state index in [0.717, 1.165) is 5.69 Å². The smallest absolute Gasteiger partial charge is 0.307 e. The number of nitro groups is 1. The van der Waals surface area contributed by atoms with Crippen molar-refractivity contribution in [2.45, 2.75) is 18.5 Å². The number of esters is 1. The van der Waals surface area contributed by atoms with E-state index in [-0.39, 0.29) is 30.2 Å². The summed E-state index contributed by atoms with van der Waals surface area (Å²) in [7, 11) is 2.78. The van der Waals surface area contributed by atoms with Crippen LogP contribution in [-0.4, -0.2) is 46.7 Å². The van der Waals surface area contributed by atoms with Crippen LogP contribution in [0.5, 0.6) is 5.75 Å². The van der Waals surface area contributed by atoms with Gasteiger partial charge in [-0.25, -0.2) is 0 Å². The number of carbonyl (C=O) groups excluding carboxylic acids is 1. The van der Waals surface area contributed by atoms with Crippen LogP contribution in [-0.2, 0) is 9.53 Å². The number of thiocarbonyl (C=S) groups is 1. The maximum atomic E-state index is 11.8. The average molecular weight is 483 g/mol. The summed E-state index contributed by atoms with van der Waals surface area (Å²) in [4.78, 5) is 28.8. The van der Waals surface area contributed by atoms with E-state index in [1.165, 1.54) is 26.4 Å². The molecule has 0 amide bonds. The number of hydrogen-bond acceptors (Lipinski definition) is 8. The highest BCUT2D eigenvalue weighted by Gasteiger charge is 2.41. The number of nitrogens with one attached hydrogen (secondary N) is 1. The monoisotopic (exact) mass is 482 g/mol. The van der Waals surface area contributed by atoms with Crippen molar-refractivity contribution in [3.8, 4) is 17.1 Å². The van der Waals surface area contributed by atoms with Crippen molar-refractivity contribution >= 4 is 29.0 Å². The maximum Gasteiger partial charge on any atom is 0.307 e. The van der Waals surface area contributed by atoms with Crippen LogP contribution in [0.3, 0.4) is 0 Å². The van der Waals surface area contributed by atoms with Gasteiger partial charge in [0.15, 0.2) is 5.11 Å². The molecule has 1 N–H and O–H groups in total. The predicted molar refractivity (Wildman–Crippen MR) is 126 cm³/mol. The van der Waals surface area contributed by atoms with E-state index >= 15 is 0 Å². The third-order valence-corrected chi connectivity index (χ3v) is 5.91. The van der Waals surface area contributed by atoms with Gasteiger partial charge in [0, 0.05) is 18.8 Å². The number of non-ortho nitro benzene ring substituents is 1. The van der Waals surface area contributed by atoms with Crippen LogP contribution in [0.4, 0.5) is 5.69 Å². The highest BCUT2D eigenvalue weighted by molar-refractivity contribution is 7.80. The SMILES string of the molecule is COC(=O)CCN1C(=S)NC(c2ccccn2)C1c1ccc(-c2ccc([N+](=O)[O-])cc2OC)o1. The Bertz CT molecular complexity index is 1220. The summed E-state index contributed by atoms with van der Waals surface area (Å²) in [6.45, 7) is 0.323. The summed E-state index contributed by atoms with van der Waals surface area (Å²) in [5, 5.41) is 14.9. The molecule has 0 bridgehead atoms. The fraction of sp³-hybridized carbons (Fsp3) is 0.261. The van der Waals surface area contributed by atoms with E-state index in [9.17, 15) is 14.9 Å². The second kappa shape index (κ2) is 9.87. The van der Waals surface area contributed by atoms with Gasteiger partial charge in [0.25, 0.3) is 5.69 Å². The average Bonchev–Trinajstić information content (AvgIpc) is 3.46. The van der Waals surface area contributed by atoms with Gasteiger partial charge in [-0.2, -0.15) is 0 Å². The van der Waals surface area contributed by atoms with Crippen molar-refractivity contribution in [3.05, 3.63) is 76.3 Å². The molecule has 1 aliphatic heterocycles. The van der Waals surface area contributed by atoms with Crippen LogP contribution >= 0.6 is 12.2 Å². The van der Waals surface area contributed by atoms with E-state index < -0.39 is 4.92 Å². The molecule has 3 aromatic rings. The minimum Gasteiger partial charge on any atom is -0.496 e. The summed E-state index contributed by atoms with van der Waals surface area (Å²) in [5.74, 6) is 1.04. The number of methoxy groups -OCH3 is 2. The number of furan rings is 1. The van der Waals surface area contributed by atoms with E-state index in [1.807, 2.05) is 29.2 Å². The van der Waals surface area contributed by atoms with Crippen LogP contribution in [0.25, 0.3) is 11.3 Å². The molecule has 0 spiro atoms. The number of pyridine rings is 1. The van der Waals surface area contributed by atoms with Gasteiger partial charge in [0.05, 0.1) is 48.9 Å². The molecule has 0 radical (unpaired) electrons. The fourth-order valence-electron chi connectivity index (χ4n) is 3.92.